The van der Waals surface area contributed by atoms with Gasteiger partial charge in [-0.05, 0) is 38.8 Å². The predicted octanol–water partition coefficient (Wildman–Crippen LogP) is 3.98. The molecule has 2 N–H and O–H groups in total. The first-order valence-electron chi connectivity index (χ1n) is 10.9. The second-order valence-corrected chi connectivity index (χ2v) is 9.06. The van der Waals surface area contributed by atoms with E-state index >= 15 is 0 Å². The van der Waals surface area contributed by atoms with Gasteiger partial charge in [0.05, 0.1) is 29.5 Å². The van der Waals surface area contributed by atoms with Gasteiger partial charge in [0.15, 0.2) is 5.96 Å². The highest BCUT2D eigenvalue weighted by Gasteiger charge is 2.21. The molecule has 1 fully saturated rings. The standard InChI is InChI=1S/C23H35N5OS.HI/c1-5-24-23(25-11-10-22-16-30-19(4)27-22)26-12-20-6-8-21(9-7-20)15-28-13-17(2)29-18(3)14-28;/h6-9,16-18H,5,10-15H2,1-4H3,(H2,24,25,26);1H. The highest BCUT2D eigenvalue weighted by Crippen LogP contribution is 2.15. The molecule has 2 unspecified atom stereocenters. The van der Waals surface area contributed by atoms with Crippen LogP contribution in [0.3, 0.4) is 0 Å². The molecule has 0 saturated carbocycles. The molecule has 1 aromatic heterocycles. The molecule has 2 heterocycles. The molecular weight excluding hydrogens is 521 g/mol. The number of nitrogens with one attached hydrogen (secondary N) is 2. The Hall–Kier alpha value is -1.23. The van der Waals surface area contributed by atoms with Gasteiger partial charge in [-0.2, -0.15) is 0 Å². The van der Waals surface area contributed by atoms with Gasteiger partial charge in [0.2, 0.25) is 0 Å². The monoisotopic (exact) mass is 557 g/mol. The average molecular weight is 558 g/mol. The van der Waals surface area contributed by atoms with Crippen LogP contribution in [0, 0.1) is 6.92 Å². The molecule has 2 atom stereocenters. The van der Waals surface area contributed by atoms with Gasteiger partial charge in [-0.3, -0.25) is 4.90 Å². The minimum Gasteiger partial charge on any atom is -0.373 e. The van der Waals surface area contributed by atoms with Crippen LogP contribution in [0.15, 0.2) is 34.6 Å². The minimum absolute atomic E-state index is 0. The minimum atomic E-state index is 0. The molecule has 0 aliphatic carbocycles. The van der Waals surface area contributed by atoms with E-state index in [4.69, 9.17) is 9.73 Å². The predicted molar refractivity (Wildman–Crippen MR) is 141 cm³/mol. The summed E-state index contributed by atoms with van der Waals surface area (Å²) in [6.45, 7) is 13.7. The van der Waals surface area contributed by atoms with Gasteiger partial charge in [0.25, 0.3) is 0 Å². The summed E-state index contributed by atoms with van der Waals surface area (Å²) in [7, 11) is 0. The van der Waals surface area contributed by atoms with Crippen LogP contribution in [0.1, 0.15) is 42.6 Å². The summed E-state index contributed by atoms with van der Waals surface area (Å²) in [6, 6.07) is 8.82. The maximum Gasteiger partial charge on any atom is 0.191 e. The molecule has 3 rings (SSSR count). The maximum absolute atomic E-state index is 5.83. The van der Waals surface area contributed by atoms with Crippen molar-refractivity contribution in [2.75, 3.05) is 26.2 Å². The van der Waals surface area contributed by atoms with Gasteiger partial charge in [-0.25, -0.2) is 9.98 Å². The number of rotatable bonds is 8. The van der Waals surface area contributed by atoms with E-state index < -0.39 is 0 Å². The molecule has 0 bridgehead atoms. The summed E-state index contributed by atoms with van der Waals surface area (Å²) in [5.74, 6) is 0.852. The molecule has 172 valence electrons. The van der Waals surface area contributed by atoms with E-state index in [0.29, 0.717) is 18.8 Å². The quantitative estimate of drug-likeness (QED) is 0.292. The third kappa shape index (κ3) is 9.03. The molecule has 2 aromatic rings. The topological polar surface area (TPSA) is 61.8 Å². The highest BCUT2D eigenvalue weighted by atomic mass is 127. The smallest absolute Gasteiger partial charge is 0.191 e. The van der Waals surface area contributed by atoms with Crippen LogP contribution in [0.4, 0.5) is 0 Å². The third-order valence-corrected chi connectivity index (χ3v) is 5.85. The Morgan fingerprint density at radius 1 is 1.16 bits per heavy atom. The van der Waals surface area contributed by atoms with Crippen LogP contribution in [-0.2, 0) is 24.2 Å². The Morgan fingerprint density at radius 3 is 2.45 bits per heavy atom. The van der Waals surface area contributed by atoms with Crippen LogP contribution < -0.4 is 10.6 Å². The van der Waals surface area contributed by atoms with E-state index in [2.05, 4.69) is 70.9 Å². The van der Waals surface area contributed by atoms with E-state index in [1.165, 1.54) is 11.1 Å². The van der Waals surface area contributed by atoms with Crippen molar-refractivity contribution in [2.45, 2.75) is 59.4 Å². The van der Waals surface area contributed by atoms with Crippen molar-refractivity contribution in [3.63, 3.8) is 0 Å². The molecule has 0 radical (unpaired) electrons. The molecule has 0 amide bonds. The third-order valence-electron chi connectivity index (χ3n) is 5.03. The van der Waals surface area contributed by atoms with Gasteiger partial charge in [-0.15, -0.1) is 35.3 Å². The SMILES string of the molecule is CCNC(=NCc1ccc(CN2CC(C)OC(C)C2)cc1)NCCc1csc(C)n1.I. The Kier molecular flexibility index (Phi) is 11.2. The number of aliphatic imine (C=N–C) groups is 1. The fraction of sp³-hybridized carbons (Fsp3) is 0.565. The van der Waals surface area contributed by atoms with Gasteiger partial charge >= 0.3 is 0 Å². The van der Waals surface area contributed by atoms with E-state index in [1.54, 1.807) is 11.3 Å². The fourth-order valence-corrected chi connectivity index (χ4v) is 4.41. The maximum atomic E-state index is 5.83. The summed E-state index contributed by atoms with van der Waals surface area (Å²) in [5, 5.41) is 9.97. The van der Waals surface area contributed by atoms with Crippen molar-refractivity contribution < 1.29 is 4.74 Å². The number of nitrogens with zero attached hydrogens (tertiary/aromatic N) is 3. The largest absolute Gasteiger partial charge is 0.373 e. The second kappa shape index (κ2) is 13.3. The van der Waals surface area contributed by atoms with Gasteiger partial charge < -0.3 is 15.4 Å². The first-order valence-corrected chi connectivity index (χ1v) is 11.8. The van der Waals surface area contributed by atoms with Crippen LogP contribution in [0.5, 0.6) is 0 Å². The van der Waals surface area contributed by atoms with E-state index in [9.17, 15) is 0 Å². The first kappa shape index (κ1) is 26.0. The van der Waals surface area contributed by atoms with E-state index in [-0.39, 0.29) is 24.0 Å². The number of aromatic nitrogens is 1. The highest BCUT2D eigenvalue weighted by molar-refractivity contribution is 14.0. The lowest BCUT2D eigenvalue weighted by Crippen LogP contribution is -2.44. The van der Waals surface area contributed by atoms with Crippen molar-refractivity contribution in [3.8, 4) is 0 Å². The Morgan fingerprint density at radius 2 is 1.84 bits per heavy atom. The second-order valence-electron chi connectivity index (χ2n) is 8.00. The molecule has 1 aliphatic heterocycles. The van der Waals surface area contributed by atoms with Crippen molar-refractivity contribution in [1.82, 2.24) is 20.5 Å². The summed E-state index contributed by atoms with van der Waals surface area (Å²) in [4.78, 5) is 11.7. The summed E-state index contributed by atoms with van der Waals surface area (Å²) < 4.78 is 5.83. The lowest BCUT2D eigenvalue weighted by molar-refractivity contribution is -0.0704. The van der Waals surface area contributed by atoms with Gasteiger partial charge in [-0.1, -0.05) is 24.3 Å². The number of aryl methyl sites for hydroxylation is 1. The number of hydrogen-bond donors (Lipinski definition) is 2. The molecule has 6 nitrogen and oxygen atoms in total. The number of hydrogen-bond acceptors (Lipinski definition) is 5. The first-order chi connectivity index (χ1) is 14.5. The van der Waals surface area contributed by atoms with Gasteiger partial charge in [0.1, 0.15) is 0 Å². The fourth-order valence-electron chi connectivity index (χ4n) is 3.77. The Balaban J connectivity index is 0.00000341. The lowest BCUT2D eigenvalue weighted by Gasteiger charge is -2.35. The lowest BCUT2D eigenvalue weighted by atomic mass is 10.1. The van der Waals surface area contributed by atoms with Crippen LogP contribution >= 0.6 is 35.3 Å². The zero-order valence-corrected chi connectivity index (χ0v) is 22.2. The van der Waals surface area contributed by atoms with Crippen LogP contribution in [-0.4, -0.2) is 54.2 Å². The number of halogens is 1. The number of thiazole rings is 1. The Bertz CT molecular complexity index is 801. The summed E-state index contributed by atoms with van der Waals surface area (Å²) in [6.07, 6.45) is 1.51. The molecule has 0 spiro atoms. The summed E-state index contributed by atoms with van der Waals surface area (Å²) in [5.41, 5.74) is 3.70. The Labute approximate surface area is 207 Å². The molecular formula is C23H36IN5OS. The zero-order valence-electron chi connectivity index (χ0n) is 19.1. The van der Waals surface area contributed by atoms with E-state index in [1.807, 2.05) is 6.92 Å². The normalized spacial score (nSPS) is 19.7. The average Bonchev–Trinajstić information content (AvgIpc) is 3.11. The van der Waals surface area contributed by atoms with Gasteiger partial charge in [0, 0.05) is 44.5 Å². The molecule has 31 heavy (non-hydrogen) atoms. The molecule has 1 aliphatic rings. The number of morpholine rings is 1. The number of guanidine groups is 1. The molecule has 1 saturated heterocycles. The zero-order chi connectivity index (χ0) is 21.3. The van der Waals surface area contributed by atoms with Crippen molar-refractivity contribution in [3.05, 3.63) is 51.5 Å². The van der Waals surface area contributed by atoms with E-state index in [0.717, 1.165) is 55.8 Å². The molecule has 8 heteroatoms. The van der Waals surface area contributed by atoms with Crippen LogP contribution in [0.2, 0.25) is 0 Å². The van der Waals surface area contributed by atoms with Crippen LogP contribution in [0.25, 0.3) is 0 Å². The van der Waals surface area contributed by atoms with Crippen molar-refractivity contribution in [2.24, 2.45) is 4.99 Å². The number of ether oxygens (including phenoxy) is 1. The van der Waals surface area contributed by atoms with Crippen molar-refractivity contribution >= 4 is 41.3 Å². The van der Waals surface area contributed by atoms with Crippen molar-refractivity contribution in [1.29, 1.82) is 0 Å². The molecule has 1 aromatic carbocycles. The summed E-state index contributed by atoms with van der Waals surface area (Å²) >= 11 is 1.70. The number of benzene rings is 1.